The van der Waals surface area contributed by atoms with Crippen LogP contribution in [0.2, 0.25) is 0 Å². The molecule has 158 valence electrons. The molecule has 0 aliphatic heterocycles. The number of hydrogen-bond acceptors (Lipinski definition) is 7. The van der Waals surface area contributed by atoms with Crippen molar-refractivity contribution in [3.63, 3.8) is 0 Å². The third-order valence-corrected chi connectivity index (χ3v) is 6.11. The smallest absolute Gasteiger partial charge is 0.283 e. The summed E-state index contributed by atoms with van der Waals surface area (Å²) in [7, 11) is 0. The Bertz CT molecular complexity index is 1130. The fourth-order valence-electron chi connectivity index (χ4n) is 2.70. The number of amides is 2. The summed E-state index contributed by atoms with van der Waals surface area (Å²) in [5.41, 5.74) is 6.65. The highest BCUT2D eigenvalue weighted by molar-refractivity contribution is 8.00. The number of aromatic nitrogens is 1. The molecule has 2 aromatic carbocycles. The minimum Gasteiger partial charge on any atom is -0.366 e. The number of anilines is 1. The first-order valence-electron chi connectivity index (χ1n) is 9.04. The zero-order valence-corrected chi connectivity index (χ0v) is 17.9. The van der Waals surface area contributed by atoms with Gasteiger partial charge in [-0.05, 0) is 12.1 Å². The van der Waals surface area contributed by atoms with Crippen LogP contribution in [0.4, 0.5) is 10.8 Å². The predicted octanol–water partition coefficient (Wildman–Crippen LogP) is 4.13. The van der Waals surface area contributed by atoms with E-state index in [9.17, 15) is 19.7 Å². The molecule has 8 nitrogen and oxygen atoms in total. The van der Waals surface area contributed by atoms with Crippen LogP contribution in [0, 0.1) is 10.1 Å². The van der Waals surface area contributed by atoms with Crippen LogP contribution in [-0.4, -0.2) is 34.0 Å². The molecule has 1 heterocycles. The van der Waals surface area contributed by atoms with Gasteiger partial charge in [0.2, 0.25) is 11.8 Å². The van der Waals surface area contributed by atoms with Crippen LogP contribution in [-0.2, 0) is 4.79 Å². The zero-order chi connectivity index (χ0) is 22.4. The van der Waals surface area contributed by atoms with Gasteiger partial charge in [-0.3, -0.25) is 24.6 Å². The second kappa shape index (κ2) is 10.0. The lowest BCUT2D eigenvalue weighted by Gasteiger charge is -2.17. The van der Waals surface area contributed by atoms with E-state index in [1.165, 1.54) is 28.4 Å². The summed E-state index contributed by atoms with van der Waals surface area (Å²) in [4.78, 5) is 41.3. The topological polar surface area (TPSA) is 119 Å². The molecule has 2 amide bonds. The van der Waals surface area contributed by atoms with Crippen LogP contribution in [0.3, 0.4) is 0 Å². The molecule has 3 rings (SSSR count). The van der Waals surface area contributed by atoms with Crippen molar-refractivity contribution in [1.82, 2.24) is 4.98 Å². The summed E-state index contributed by atoms with van der Waals surface area (Å²) < 4.78 is 0. The monoisotopic (exact) mass is 454 g/mol. The van der Waals surface area contributed by atoms with E-state index >= 15 is 0 Å². The van der Waals surface area contributed by atoms with E-state index in [0.29, 0.717) is 5.13 Å². The summed E-state index contributed by atoms with van der Waals surface area (Å²) in [6.07, 6.45) is 1.59. The van der Waals surface area contributed by atoms with Crippen LogP contribution < -0.4 is 10.6 Å². The van der Waals surface area contributed by atoms with Gasteiger partial charge in [0.1, 0.15) is 0 Å². The fraction of sp³-hybridized carbons (Fsp3) is 0.0952. The van der Waals surface area contributed by atoms with Crippen molar-refractivity contribution in [2.75, 3.05) is 17.2 Å². The Morgan fingerprint density at radius 1 is 1.26 bits per heavy atom. The van der Waals surface area contributed by atoms with Crippen molar-refractivity contribution in [2.24, 2.45) is 5.73 Å². The highest BCUT2D eigenvalue weighted by Crippen LogP contribution is 2.32. The molecule has 0 aliphatic carbocycles. The minimum absolute atomic E-state index is 0.0342. The predicted molar refractivity (Wildman–Crippen MR) is 122 cm³/mol. The molecular weight excluding hydrogens is 436 g/mol. The number of benzene rings is 2. The zero-order valence-electron chi connectivity index (χ0n) is 16.3. The molecule has 0 atom stereocenters. The Morgan fingerprint density at radius 3 is 2.65 bits per heavy atom. The lowest BCUT2D eigenvalue weighted by molar-refractivity contribution is -0.387. The number of thiazole rings is 1. The Balaban J connectivity index is 1.78. The van der Waals surface area contributed by atoms with Crippen molar-refractivity contribution in [1.29, 1.82) is 0 Å². The van der Waals surface area contributed by atoms with Gasteiger partial charge in [-0.15, -0.1) is 29.7 Å². The van der Waals surface area contributed by atoms with E-state index in [2.05, 4.69) is 11.6 Å². The molecule has 0 fully saturated rings. The largest absolute Gasteiger partial charge is 0.366 e. The molecule has 0 bridgehead atoms. The summed E-state index contributed by atoms with van der Waals surface area (Å²) >= 11 is 2.35. The molecule has 31 heavy (non-hydrogen) atoms. The molecule has 0 unspecified atom stereocenters. The van der Waals surface area contributed by atoms with Crippen molar-refractivity contribution >= 4 is 45.7 Å². The Hall–Kier alpha value is -3.50. The lowest BCUT2D eigenvalue weighted by Crippen LogP contribution is -2.32. The molecule has 0 radical (unpaired) electrons. The van der Waals surface area contributed by atoms with E-state index < -0.39 is 10.8 Å². The summed E-state index contributed by atoms with van der Waals surface area (Å²) in [6.45, 7) is 3.95. The second-order valence-electron chi connectivity index (χ2n) is 6.27. The van der Waals surface area contributed by atoms with E-state index in [4.69, 9.17) is 5.73 Å². The van der Waals surface area contributed by atoms with E-state index in [1.54, 1.807) is 6.08 Å². The number of hydrogen-bond donors (Lipinski definition) is 1. The SMILES string of the molecule is C=CCN(C(=O)CSc1ccc(C(N)=O)cc1[N+](=O)[O-])c1nc(-c2ccccc2)cs1. The van der Waals surface area contributed by atoms with Crippen molar-refractivity contribution in [3.8, 4) is 11.3 Å². The van der Waals surface area contributed by atoms with Crippen LogP contribution in [0.5, 0.6) is 0 Å². The molecule has 0 saturated heterocycles. The Labute approximate surface area is 186 Å². The molecule has 0 saturated carbocycles. The van der Waals surface area contributed by atoms with E-state index in [1.807, 2.05) is 35.7 Å². The van der Waals surface area contributed by atoms with Gasteiger partial charge in [0.15, 0.2) is 5.13 Å². The number of nitro groups is 1. The number of primary amides is 1. The highest BCUT2D eigenvalue weighted by Gasteiger charge is 2.22. The lowest BCUT2D eigenvalue weighted by atomic mass is 10.2. The molecule has 10 heteroatoms. The maximum Gasteiger partial charge on any atom is 0.283 e. The number of carbonyl (C=O) groups is 2. The van der Waals surface area contributed by atoms with E-state index in [-0.39, 0.29) is 34.4 Å². The first-order valence-corrected chi connectivity index (χ1v) is 10.9. The molecule has 0 aliphatic rings. The second-order valence-corrected chi connectivity index (χ2v) is 8.12. The van der Waals surface area contributed by atoms with Gasteiger partial charge in [-0.2, -0.15) is 0 Å². The van der Waals surface area contributed by atoms with Crippen LogP contribution in [0.1, 0.15) is 10.4 Å². The number of rotatable bonds is 9. The number of nitro benzene ring substituents is 1. The van der Waals surface area contributed by atoms with Crippen LogP contribution in [0.15, 0.2) is 71.5 Å². The third kappa shape index (κ3) is 5.36. The number of thioether (sulfide) groups is 1. The molecule has 3 aromatic rings. The molecule has 2 N–H and O–H groups in total. The van der Waals surface area contributed by atoms with Gasteiger partial charge in [0.05, 0.1) is 21.3 Å². The van der Waals surface area contributed by atoms with Gasteiger partial charge in [-0.1, -0.05) is 36.4 Å². The third-order valence-electron chi connectivity index (χ3n) is 4.20. The van der Waals surface area contributed by atoms with Crippen molar-refractivity contribution in [2.45, 2.75) is 4.90 Å². The number of nitrogens with two attached hydrogens (primary N) is 1. The average Bonchev–Trinajstić information content (AvgIpc) is 3.26. The summed E-state index contributed by atoms with van der Waals surface area (Å²) in [5, 5.41) is 13.7. The van der Waals surface area contributed by atoms with E-state index in [0.717, 1.165) is 29.1 Å². The molecular formula is C21H18N4O4S2. The minimum atomic E-state index is -0.758. The van der Waals surface area contributed by atoms with Gasteiger partial charge in [-0.25, -0.2) is 4.98 Å². The average molecular weight is 455 g/mol. The Morgan fingerprint density at radius 2 is 2.00 bits per heavy atom. The van der Waals surface area contributed by atoms with Crippen LogP contribution in [0.25, 0.3) is 11.3 Å². The maximum atomic E-state index is 12.9. The summed E-state index contributed by atoms with van der Waals surface area (Å²) in [6, 6.07) is 13.5. The Kier molecular flexibility index (Phi) is 7.16. The molecule has 1 aromatic heterocycles. The van der Waals surface area contributed by atoms with Gasteiger partial charge in [0.25, 0.3) is 5.69 Å². The van der Waals surface area contributed by atoms with Crippen LogP contribution >= 0.6 is 23.1 Å². The van der Waals surface area contributed by atoms with Crippen molar-refractivity contribution in [3.05, 3.63) is 82.2 Å². The van der Waals surface area contributed by atoms with Crippen molar-refractivity contribution < 1.29 is 14.5 Å². The summed E-state index contributed by atoms with van der Waals surface area (Å²) in [5.74, 6) is -1.08. The highest BCUT2D eigenvalue weighted by atomic mass is 32.2. The quantitative estimate of drug-likeness (QED) is 0.225. The van der Waals surface area contributed by atoms with Gasteiger partial charge >= 0.3 is 0 Å². The number of nitrogens with zero attached hydrogens (tertiary/aromatic N) is 3. The number of carbonyl (C=O) groups excluding carboxylic acids is 2. The molecule has 0 spiro atoms. The maximum absolute atomic E-state index is 12.9. The normalized spacial score (nSPS) is 10.5. The first kappa shape index (κ1) is 22.2. The van der Waals surface area contributed by atoms with Gasteiger partial charge in [0, 0.05) is 29.1 Å². The first-order chi connectivity index (χ1) is 14.9. The standard InChI is InChI=1S/C21H18N4O4S2/c1-2-10-24(21-23-16(12-31-21)14-6-4-3-5-7-14)19(26)13-30-18-9-8-15(20(22)27)11-17(18)25(28)29/h2-9,11-12H,1,10,13H2,(H2,22,27). The fourth-order valence-corrected chi connectivity index (χ4v) is 4.44. The van der Waals surface area contributed by atoms with Gasteiger partial charge < -0.3 is 5.73 Å².